The van der Waals surface area contributed by atoms with E-state index < -0.39 is 12.0 Å². The van der Waals surface area contributed by atoms with E-state index in [1.54, 1.807) is 12.1 Å². The lowest BCUT2D eigenvalue weighted by molar-refractivity contribution is -0.139. The molecule has 0 heterocycles. The van der Waals surface area contributed by atoms with Crippen molar-refractivity contribution < 1.29 is 19.4 Å². The van der Waals surface area contributed by atoms with Crippen LogP contribution in [0.3, 0.4) is 0 Å². The summed E-state index contributed by atoms with van der Waals surface area (Å²) in [6.07, 6.45) is 3.47. The lowest BCUT2D eigenvalue weighted by atomic mass is 10.1. The maximum Gasteiger partial charge on any atom is 0.326 e. The molecule has 0 aliphatic carbocycles. The van der Waals surface area contributed by atoms with Crippen LogP contribution in [0.4, 0.5) is 0 Å². The molecule has 0 radical (unpaired) electrons. The molecule has 1 atom stereocenters. The number of unbranched alkanes of at least 4 members (excludes halogenated alkanes) is 1. The molecule has 0 fully saturated rings. The quantitative estimate of drug-likeness (QED) is 0.732. The lowest BCUT2D eigenvalue weighted by Crippen LogP contribution is -2.41. The number of aliphatic carboxylic acids is 1. The Balaban J connectivity index is 2.62. The molecule has 21 heavy (non-hydrogen) atoms. The van der Waals surface area contributed by atoms with E-state index >= 15 is 0 Å². The molecule has 0 saturated carbocycles. The zero-order chi connectivity index (χ0) is 15.7. The van der Waals surface area contributed by atoms with Crippen LogP contribution in [0.15, 0.2) is 24.3 Å². The normalized spacial score (nSPS) is 11.9. The average Bonchev–Trinajstić information content (AvgIpc) is 2.49. The third-order valence-electron chi connectivity index (χ3n) is 3.25. The van der Waals surface area contributed by atoms with Gasteiger partial charge in [0.25, 0.3) is 5.91 Å². The molecular formula is C16H23NO4. The maximum absolute atomic E-state index is 12.0. The van der Waals surface area contributed by atoms with E-state index in [2.05, 4.69) is 12.2 Å². The van der Waals surface area contributed by atoms with E-state index in [-0.39, 0.29) is 18.9 Å². The number of carbonyl (C=O) groups is 2. The second-order valence-corrected chi connectivity index (χ2v) is 4.95. The van der Waals surface area contributed by atoms with Gasteiger partial charge in [-0.1, -0.05) is 25.5 Å². The first-order chi connectivity index (χ1) is 10.1. The minimum atomic E-state index is -1.06. The first-order valence-corrected chi connectivity index (χ1v) is 7.20. The highest BCUT2D eigenvalue weighted by Gasteiger charge is 2.20. The van der Waals surface area contributed by atoms with E-state index in [1.807, 2.05) is 12.1 Å². The van der Waals surface area contributed by atoms with Crippen LogP contribution in [0.25, 0.3) is 0 Å². The first kappa shape index (κ1) is 17.2. The number of ether oxygens (including phenoxy) is 1. The number of methoxy groups -OCH3 is 1. The molecule has 2 N–H and O–H groups in total. The van der Waals surface area contributed by atoms with Gasteiger partial charge in [-0.15, -0.1) is 0 Å². The summed E-state index contributed by atoms with van der Waals surface area (Å²) in [6, 6.07) is 6.35. The number of hydrogen-bond acceptors (Lipinski definition) is 3. The van der Waals surface area contributed by atoms with Gasteiger partial charge in [-0.3, -0.25) is 4.79 Å². The Labute approximate surface area is 125 Å². The molecule has 1 rings (SSSR count). The van der Waals surface area contributed by atoms with E-state index in [9.17, 15) is 9.59 Å². The number of hydrogen-bond donors (Lipinski definition) is 2. The molecule has 0 saturated heterocycles. The molecule has 0 aliphatic heterocycles. The van der Waals surface area contributed by atoms with Gasteiger partial charge in [0, 0.05) is 25.7 Å². The SMILES string of the molecule is CCCCc1ccc(C(=O)NC(CCOC)C(=O)O)cc1. The van der Waals surface area contributed by atoms with E-state index in [0.717, 1.165) is 19.3 Å². The average molecular weight is 293 g/mol. The largest absolute Gasteiger partial charge is 0.480 e. The van der Waals surface area contributed by atoms with Gasteiger partial charge >= 0.3 is 5.97 Å². The van der Waals surface area contributed by atoms with Crippen LogP contribution in [-0.4, -0.2) is 36.7 Å². The van der Waals surface area contributed by atoms with Gasteiger partial charge in [0.1, 0.15) is 6.04 Å². The molecule has 116 valence electrons. The molecular weight excluding hydrogens is 270 g/mol. The minimum absolute atomic E-state index is 0.242. The fourth-order valence-electron chi connectivity index (χ4n) is 1.94. The Morgan fingerprint density at radius 1 is 1.29 bits per heavy atom. The van der Waals surface area contributed by atoms with Crippen molar-refractivity contribution in [3.63, 3.8) is 0 Å². The maximum atomic E-state index is 12.0. The van der Waals surface area contributed by atoms with Gasteiger partial charge in [-0.25, -0.2) is 4.79 Å². The molecule has 1 aromatic rings. The van der Waals surface area contributed by atoms with Crippen molar-refractivity contribution in [3.8, 4) is 0 Å². The smallest absolute Gasteiger partial charge is 0.326 e. The van der Waals surface area contributed by atoms with Crippen molar-refractivity contribution in [2.75, 3.05) is 13.7 Å². The van der Waals surface area contributed by atoms with Gasteiger partial charge in [0.05, 0.1) is 0 Å². The summed E-state index contributed by atoms with van der Waals surface area (Å²) in [5.41, 5.74) is 1.65. The predicted molar refractivity (Wildman–Crippen MR) is 80.4 cm³/mol. The number of nitrogens with one attached hydrogen (secondary N) is 1. The van der Waals surface area contributed by atoms with Crippen LogP contribution in [0.2, 0.25) is 0 Å². The number of carbonyl (C=O) groups excluding carboxylic acids is 1. The minimum Gasteiger partial charge on any atom is -0.480 e. The van der Waals surface area contributed by atoms with Crippen LogP contribution in [-0.2, 0) is 16.0 Å². The topological polar surface area (TPSA) is 75.6 Å². The van der Waals surface area contributed by atoms with Crippen molar-refractivity contribution in [2.45, 2.75) is 38.6 Å². The molecule has 5 heteroatoms. The summed E-state index contributed by atoms with van der Waals surface area (Å²) < 4.78 is 4.85. The van der Waals surface area contributed by atoms with Crippen LogP contribution in [0.5, 0.6) is 0 Å². The molecule has 0 aliphatic rings. The van der Waals surface area contributed by atoms with E-state index in [4.69, 9.17) is 9.84 Å². The van der Waals surface area contributed by atoms with Gasteiger partial charge in [-0.05, 0) is 30.5 Å². The summed E-state index contributed by atoms with van der Waals surface area (Å²) in [5.74, 6) is -1.43. The monoisotopic (exact) mass is 293 g/mol. The standard InChI is InChI=1S/C16H23NO4/c1-3-4-5-12-6-8-13(9-7-12)15(18)17-14(16(19)20)10-11-21-2/h6-9,14H,3-5,10-11H2,1-2H3,(H,17,18)(H,19,20). The second kappa shape index (κ2) is 9.13. The van der Waals surface area contributed by atoms with Crippen molar-refractivity contribution in [1.29, 1.82) is 0 Å². The van der Waals surface area contributed by atoms with Crippen molar-refractivity contribution in [2.24, 2.45) is 0 Å². The number of carboxylic acids is 1. The summed E-state index contributed by atoms with van der Waals surface area (Å²) in [6.45, 7) is 2.42. The van der Waals surface area contributed by atoms with Gasteiger partial charge in [-0.2, -0.15) is 0 Å². The number of aryl methyl sites for hydroxylation is 1. The predicted octanol–water partition coefficient (Wildman–Crippen LogP) is 2.25. The highest BCUT2D eigenvalue weighted by Crippen LogP contribution is 2.08. The summed E-state index contributed by atoms with van der Waals surface area (Å²) in [4.78, 5) is 23.1. The van der Waals surface area contributed by atoms with Crippen LogP contribution >= 0.6 is 0 Å². The lowest BCUT2D eigenvalue weighted by Gasteiger charge is -2.14. The van der Waals surface area contributed by atoms with Gasteiger partial charge in [0.15, 0.2) is 0 Å². The molecule has 0 spiro atoms. The van der Waals surface area contributed by atoms with Crippen molar-refractivity contribution in [1.82, 2.24) is 5.32 Å². The molecule has 1 unspecified atom stereocenters. The Morgan fingerprint density at radius 2 is 1.95 bits per heavy atom. The van der Waals surface area contributed by atoms with Crippen molar-refractivity contribution in [3.05, 3.63) is 35.4 Å². The molecule has 0 aromatic heterocycles. The molecule has 0 bridgehead atoms. The number of amides is 1. The first-order valence-electron chi connectivity index (χ1n) is 7.20. The van der Waals surface area contributed by atoms with Crippen LogP contribution in [0, 0.1) is 0 Å². The van der Waals surface area contributed by atoms with Crippen LogP contribution in [0.1, 0.15) is 42.1 Å². The number of benzene rings is 1. The second-order valence-electron chi connectivity index (χ2n) is 4.95. The summed E-state index contributed by atoms with van der Waals surface area (Å²) >= 11 is 0. The molecule has 1 amide bonds. The van der Waals surface area contributed by atoms with Gasteiger partial charge in [0.2, 0.25) is 0 Å². The Morgan fingerprint density at radius 3 is 2.48 bits per heavy atom. The van der Waals surface area contributed by atoms with Gasteiger partial charge < -0.3 is 15.2 Å². The zero-order valence-electron chi connectivity index (χ0n) is 12.6. The van der Waals surface area contributed by atoms with Crippen LogP contribution < -0.4 is 5.32 Å². The Bertz CT molecular complexity index is 456. The van der Waals surface area contributed by atoms with Crippen molar-refractivity contribution >= 4 is 11.9 Å². The Hall–Kier alpha value is -1.88. The third-order valence-corrected chi connectivity index (χ3v) is 3.25. The molecule has 1 aromatic carbocycles. The molecule has 5 nitrogen and oxygen atoms in total. The highest BCUT2D eigenvalue weighted by atomic mass is 16.5. The Kier molecular flexibility index (Phi) is 7.46. The van der Waals surface area contributed by atoms with E-state index in [0.29, 0.717) is 5.56 Å². The zero-order valence-corrected chi connectivity index (χ0v) is 12.6. The fourth-order valence-corrected chi connectivity index (χ4v) is 1.94. The number of rotatable bonds is 9. The summed E-state index contributed by atoms with van der Waals surface area (Å²) in [5, 5.41) is 11.6. The fraction of sp³-hybridized carbons (Fsp3) is 0.500. The highest BCUT2D eigenvalue weighted by molar-refractivity contribution is 5.96. The van der Waals surface area contributed by atoms with E-state index in [1.165, 1.54) is 12.7 Å². The summed E-state index contributed by atoms with van der Waals surface area (Å²) in [7, 11) is 1.50. The number of carboxylic acid groups (broad SMARTS) is 1. The third kappa shape index (κ3) is 5.95.